The minimum absolute atomic E-state index is 0.209. The summed E-state index contributed by atoms with van der Waals surface area (Å²) in [5.41, 5.74) is 3.34. The van der Waals surface area contributed by atoms with E-state index in [1.807, 2.05) is 66.7 Å². The number of ether oxygens (including phenoxy) is 3. The van der Waals surface area contributed by atoms with Crippen LogP contribution in [0.2, 0.25) is 0 Å². The second kappa shape index (κ2) is 10.3. The monoisotopic (exact) mass is 516 g/mol. The summed E-state index contributed by atoms with van der Waals surface area (Å²) < 4.78 is 23.1. The second-order valence-corrected chi connectivity index (χ2v) is 8.12. The molecule has 0 fully saturated rings. The van der Waals surface area contributed by atoms with Gasteiger partial charge in [-0.05, 0) is 60.2 Å². The van der Waals surface area contributed by atoms with Gasteiger partial charge in [0.05, 0.1) is 21.3 Å². The van der Waals surface area contributed by atoms with Crippen molar-refractivity contribution in [2.45, 2.75) is 0 Å². The van der Waals surface area contributed by atoms with Crippen LogP contribution in [0.4, 0.5) is 5.88 Å². The zero-order valence-corrected chi connectivity index (χ0v) is 20.4. The number of nitriles is 1. The van der Waals surface area contributed by atoms with Crippen LogP contribution in [0, 0.1) is 11.3 Å². The molecule has 0 spiro atoms. The van der Waals surface area contributed by atoms with Crippen molar-refractivity contribution >= 4 is 28.0 Å². The summed E-state index contributed by atoms with van der Waals surface area (Å²) in [5.74, 6) is 2.85. The molecule has 0 aliphatic rings. The highest BCUT2D eigenvalue weighted by molar-refractivity contribution is 9.10. The van der Waals surface area contributed by atoms with E-state index in [2.05, 4.69) is 27.0 Å². The van der Waals surface area contributed by atoms with Crippen molar-refractivity contribution in [3.8, 4) is 45.8 Å². The molecule has 1 heterocycles. The van der Waals surface area contributed by atoms with Crippen LogP contribution in [0.15, 0.2) is 80.6 Å². The first-order valence-electron chi connectivity index (χ1n) is 10.3. The van der Waals surface area contributed by atoms with E-state index in [9.17, 15) is 5.26 Å². The Morgan fingerprint density at radius 1 is 0.853 bits per heavy atom. The van der Waals surface area contributed by atoms with Gasteiger partial charge in [-0.1, -0.05) is 28.1 Å². The number of hydrogen-bond donors (Lipinski definition) is 0. The zero-order valence-electron chi connectivity index (χ0n) is 18.8. The van der Waals surface area contributed by atoms with Crippen molar-refractivity contribution in [3.05, 3.63) is 82.3 Å². The van der Waals surface area contributed by atoms with Gasteiger partial charge >= 0.3 is 0 Å². The first-order chi connectivity index (χ1) is 16.6. The molecule has 170 valence electrons. The molecule has 0 unspecified atom stereocenters. The fraction of sp³-hybridized carbons (Fsp3) is 0.111. The molecule has 6 nitrogen and oxygen atoms in total. The Balaban J connectivity index is 1.88. The third-order valence-electron chi connectivity index (χ3n) is 5.25. The van der Waals surface area contributed by atoms with Crippen LogP contribution < -0.4 is 14.2 Å². The van der Waals surface area contributed by atoms with Gasteiger partial charge in [0.1, 0.15) is 34.6 Å². The van der Waals surface area contributed by atoms with Crippen LogP contribution in [-0.2, 0) is 0 Å². The number of furan rings is 1. The molecule has 0 aliphatic carbocycles. The van der Waals surface area contributed by atoms with Gasteiger partial charge < -0.3 is 18.6 Å². The number of aliphatic imine (C=N–C) groups is 1. The van der Waals surface area contributed by atoms with Crippen molar-refractivity contribution in [1.82, 2.24) is 0 Å². The van der Waals surface area contributed by atoms with Gasteiger partial charge in [-0.3, -0.25) is 0 Å². The first kappa shape index (κ1) is 23.1. The van der Waals surface area contributed by atoms with E-state index in [0.717, 1.165) is 32.7 Å². The predicted molar refractivity (Wildman–Crippen MR) is 135 cm³/mol. The molecule has 1 aromatic heterocycles. The smallest absolute Gasteiger partial charge is 0.238 e. The Kier molecular flexibility index (Phi) is 7.00. The summed E-state index contributed by atoms with van der Waals surface area (Å²) >= 11 is 3.47. The zero-order chi connectivity index (χ0) is 24.1. The highest BCUT2D eigenvalue weighted by Gasteiger charge is 2.23. The molecule has 0 saturated carbocycles. The summed E-state index contributed by atoms with van der Waals surface area (Å²) in [7, 11) is 4.82. The van der Waals surface area contributed by atoms with E-state index in [1.165, 1.54) is 0 Å². The Hall–Kier alpha value is -4.02. The molecule has 0 N–H and O–H groups in total. The molecule has 0 radical (unpaired) electrons. The Morgan fingerprint density at radius 3 is 2.03 bits per heavy atom. The normalized spacial score (nSPS) is 10.8. The van der Waals surface area contributed by atoms with Gasteiger partial charge in [0.25, 0.3) is 0 Å². The molecular weight excluding hydrogens is 496 g/mol. The number of methoxy groups -OCH3 is 3. The lowest BCUT2D eigenvalue weighted by molar-refractivity contribution is 0.414. The molecule has 7 heteroatoms. The van der Waals surface area contributed by atoms with E-state index in [4.69, 9.17) is 18.6 Å². The van der Waals surface area contributed by atoms with Gasteiger partial charge in [-0.15, -0.1) is 0 Å². The van der Waals surface area contributed by atoms with E-state index < -0.39 is 0 Å². The van der Waals surface area contributed by atoms with Crippen LogP contribution in [0.25, 0.3) is 22.5 Å². The summed E-state index contributed by atoms with van der Waals surface area (Å²) in [4.78, 5) is 4.53. The molecule has 0 bridgehead atoms. The van der Waals surface area contributed by atoms with Gasteiger partial charge in [0.2, 0.25) is 5.88 Å². The molecular formula is C27H21BrN2O4. The van der Waals surface area contributed by atoms with Gasteiger partial charge in [0, 0.05) is 27.4 Å². The SMILES string of the molecule is COc1ccc(-c2oc(/N=C/c3cc(Br)ccc3OC)c(C#N)c2-c2ccc(OC)cc2)cc1. The molecule has 3 aromatic carbocycles. The number of nitrogens with zero attached hydrogens (tertiary/aromatic N) is 2. The van der Waals surface area contributed by atoms with Crippen LogP contribution in [0.3, 0.4) is 0 Å². The average molecular weight is 517 g/mol. The topological polar surface area (TPSA) is 77.0 Å². The lowest BCUT2D eigenvalue weighted by atomic mass is 9.98. The summed E-state index contributed by atoms with van der Waals surface area (Å²) in [5, 5.41) is 10.1. The fourth-order valence-electron chi connectivity index (χ4n) is 3.53. The predicted octanol–water partition coefficient (Wildman–Crippen LogP) is 7.02. The summed E-state index contributed by atoms with van der Waals surface area (Å²) in [6.45, 7) is 0. The maximum absolute atomic E-state index is 10.1. The van der Waals surface area contributed by atoms with E-state index in [1.54, 1.807) is 27.5 Å². The third kappa shape index (κ3) is 4.68. The van der Waals surface area contributed by atoms with E-state index in [0.29, 0.717) is 22.6 Å². The molecule has 4 rings (SSSR count). The van der Waals surface area contributed by atoms with Gasteiger partial charge in [0.15, 0.2) is 0 Å². The number of halogens is 1. The summed E-state index contributed by atoms with van der Waals surface area (Å²) in [6, 6.07) is 22.8. The number of hydrogen-bond acceptors (Lipinski definition) is 6. The van der Waals surface area contributed by atoms with Crippen molar-refractivity contribution < 1.29 is 18.6 Å². The Labute approximate surface area is 206 Å². The fourth-order valence-corrected chi connectivity index (χ4v) is 3.91. The highest BCUT2D eigenvalue weighted by Crippen LogP contribution is 2.43. The largest absolute Gasteiger partial charge is 0.497 e. The van der Waals surface area contributed by atoms with Gasteiger partial charge in [-0.25, -0.2) is 4.99 Å². The molecule has 4 aromatic rings. The lowest BCUT2D eigenvalue weighted by Gasteiger charge is -2.06. The molecule has 34 heavy (non-hydrogen) atoms. The van der Waals surface area contributed by atoms with Crippen molar-refractivity contribution in [1.29, 1.82) is 5.26 Å². The van der Waals surface area contributed by atoms with Crippen LogP contribution in [0.1, 0.15) is 11.1 Å². The van der Waals surface area contributed by atoms with Crippen molar-refractivity contribution in [3.63, 3.8) is 0 Å². The quantitative estimate of drug-likeness (QED) is 0.246. The maximum atomic E-state index is 10.1. The molecule has 0 amide bonds. The molecule has 0 atom stereocenters. The van der Waals surface area contributed by atoms with Crippen molar-refractivity contribution in [2.75, 3.05) is 21.3 Å². The minimum Gasteiger partial charge on any atom is -0.497 e. The Morgan fingerprint density at radius 2 is 1.47 bits per heavy atom. The van der Waals surface area contributed by atoms with Crippen LogP contribution >= 0.6 is 15.9 Å². The third-order valence-corrected chi connectivity index (χ3v) is 5.74. The number of benzene rings is 3. The van der Waals surface area contributed by atoms with Crippen molar-refractivity contribution in [2.24, 2.45) is 4.99 Å². The van der Waals surface area contributed by atoms with Crippen LogP contribution in [-0.4, -0.2) is 27.5 Å². The Bertz CT molecular complexity index is 1370. The first-order valence-corrected chi connectivity index (χ1v) is 11.1. The lowest BCUT2D eigenvalue weighted by Crippen LogP contribution is -1.90. The van der Waals surface area contributed by atoms with Gasteiger partial charge in [-0.2, -0.15) is 5.26 Å². The van der Waals surface area contributed by atoms with Crippen LogP contribution in [0.5, 0.6) is 17.2 Å². The highest BCUT2D eigenvalue weighted by atomic mass is 79.9. The molecule has 0 aliphatic heterocycles. The number of rotatable bonds is 7. The minimum atomic E-state index is 0.209. The molecule has 0 saturated heterocycles. The summed E-state index contributed by atoms with van der Waals surface area (Å²) in [6.07, 6.45) is 1.62. The standard InChI is InChI=1S/C27H21BrN2O4/c1-31-21-9-4-17(5-10-21)25-23(15-29)27(30-16-19-14-20(28)8-13-24(19)33-3)34-26(25)18-6-11-22(32-2)12-7-18/h4-14,16H,1-3H3/b30-16+. The van der Waals surface area contributed by atoms with E-state index >= 15 is 0 Å². The average Bonchev–Trinajstić information content (AvgIpc) is 3.26. The second-order valence-electron chi connectivity index (χ2n) is 7.20. The van der Waals surface area contributed by atoms with E-state index in [-0.39, 0.29) is 5.88 Å². The maximum Gasteiger partial charge on any atom is 0.238 e.